The second-order valence-corrected chi connectivity index (χ2v) is 19.8. The fourth-order valence-electron chi connectivity index (χ4n) is 5.76. The number of rotatable bonds is 11. The van der Waals surface area contributed by atoms with Gasteiger partial charge >= 0.3 is 0 Å². The Labute approximate surface area is 267 Å². The first kappa shape index (κ1) is 27.4. The van der Waals surface area contributed by atoms with Gasteiger partial charge in [-0.2, -0.15) is 5.26 Å². The van der Waals surface area contributed by atoms with Crippen LogP contribution in [-0.2, 0) is 16.2 Å². The lowest BCUT2D eigenvalue weighted by Gasteiger charge is -2.42. The summed E-state index contributed by atoms with van der Waals surface area (Å²) in [6, 6.07) is 6.08. The number of anilines is 1. The number of aliphatic hydroxyl groups excluding tert-OH is 2. The van der Waals surface area contributed by atoms with Gasteiger partial charge in [0.05, 0.1) is 35.8 Å². The molecule has 2 aromatic rings. The Bertz CT molecular complexity index is 1630. The maximum atomic E-state index is 13.7. The zero-order chi connectivity index (χ0) is 35.3. The molecular formula is C33H47N5O5Si. The molecule has 3 N–H and O–H groups in total. The highest BCUT2D eigenvalue weighted by Crippen LogP contribution is 2.53. The Kier molecular flexibility index (Phi) is 7.78. The molecule has 11 heteroatoms. The number of aliphatic hydroxyl groups is 2. The third-order valence-electron chi connectivity index (χ3n) is 8.56. The molecule has 44 heavy (non-hydrogen) atoms. The first-order chi connectivity index (χ1) is 22.4. The number of ether oxygens (including phenoxy) is 2. The molecule has 1 amide bonds. The van der Waals surface area contributed by atoms with Crippen LogP contribution in [0.3, 0.4) is 0 Å². The quantitative estimate of drug-likeness (QED) is 0.221. The number of carbonyl (C=O) groups is 1. The lowest BCUT2D eigenvalue weighted by molar-refractivity contribution is -0.177. The maximum absolute atomic E-state index is 13.7. The Balaban J connectivity index is 1.52. The van der Waals surface area contributed by atoms with Crippen molar-refractivity contribution in [3.8, 4) is 6.07 Å². The summed E-state index contributed by atoms with van der Waals surface area (Å²) in [5.74, 6) is -2.43. The molecule has 0 radical (unpaired) electrons. The summed E-state index contributed by atoms with van der Waals surface area (Å²) in [7, 11) is -1.34. The SMILES string of the molecule is [2H]C1C([2H])C2(CO)OC1(CO)CC([2H])(c1ccc(NC(=O)c3nc(C#N)cn3COCC[Si](C)(C)C)c(C3=CCC(C)(C)CC3)n1)C2[2H]. The van der Waals surface area contributed by atoms with Crippen molar-refractivity contribution in [1.82, 2.24) is 14.5 Å². The van der Waals surface area contributed by atoms with Crippen LogP contribution in [0, 0.1) is 16.7 Å². The second kappa shape index (κ2) is 12.5. The highest BCUT2D eigenvalue weighted by atomic mass is 28.3. The molecule has 2 saturated heterocycles. The standard InChI is InChI=1S/C33H47N5O5Si/c1-31(2)10-8-23(9-11-31)28-27(7-6-26(36-28)24-16-32(20-39)12-13-33(17-24,21-40)43-32)37-30(41)29-35-25(18-34)19-38(29)22-42-14-15-44(3,4)5/h6-8,19,24,39-40H,9-17,20-22H2,1-5H3,(H,37,41)/i12D,13D,16D,24D. The number of hydrogen-bond donors (Lipinski definition) is 3. The number of imidazole rings is 1. The van der Waals surface area contributed by atoms with E-state index in [1.165, 1.54) is 16.8 Å². The summed E-state index contributed by atoms with van der Waals surface area (Å²) in [6.45, 7) is 10.2. The molecule has 0 spiro atoms. The van der Waals surface area contributed by atoms with E-state index in [0.29, 0.717) is 24.4 Å². The van der Waals surface area contributed by atoms with Gasteiger partial charge in [-0.25, -0.2) is 4.98 Å². The van der Waals surface area contributed by atoms with Gasteiger partial charge in [0.25, 0.3) is 5.91 Å². The van der Waals surface area contributed by atoms with Crippen molar-refractivity contribution >= 4 is 25.2 Å². The molecule has 5 rings (SSSR count). The van der Waals surface area contributed by atoms with E-state index in [1.807, 2.05) is 6.07 Å². The van der Waals surface area contributed by atoms with Gasteiger partial charge in [-0.05, 0) is 74.0 Å². The molecule has 1 aliphatic carbocycles. The minimum atomic E-state index is -1.86. The molecule has 3 aliphatic rings. The number of nitriles is 1. The number of carbonyl (C=O) groups excluding carboxylic acids is 1. The first-order valence-corrected chi connectivity index (χ1v) is 18.9. The molecule has 4 heterocycles. The van der Waals surface area contributed by atoms with E-state index < -0.39 is 63.5 Å². The summed E-state index contributed by atoms with van der Waals surface area (Å²) < 4.78 is 49.4. The van der Waals surface area contributed by atoms with Gasteiger partial charge in [-0.1, -0.05) is 39.6 Å². The molecule has 6 unspecified atom stereocenters. The van der Waals surface area contributed by atoms with Crippen LogP contribution >= 0.6 is 0 Å². The predicted octanol–water partition coefficient (Wildman–Crippen LogP) is 5.46. The zero-order valence-corrected chi connectivity index (χ0v) is 27.3. The number of fused-ring (bicyclic) bond motifs is 2. The Morgan fingerprint density at radius 2 is 2.02 bits per heavy atom. The Hall–Kier alpha value is -2.88. The fourth-order valence-corrected chi connectivity index (χ4v) is 6.52. The summed E-state index contributed by atoms with van der Waals surface area (Å²) in [6.07, 6.45) is 1.40. The van der Waals surface area contributed by atoms with E-state index in [4.69, 9.17) is 18.6 Å². The van der Waals surface area contributed by atoms with Gasteiger partial charge < -0.3 is 29.6 Å². The molecule has 6 atom stereocenters. The van der Waals surface area contributed by atoms with Crippen molar-refractivity contribution in [3.63, 3.8) is 0 Å². The van der Waals surface area contributed by atoms with E-state index in [0.717, 1.165) is 24.5 Å². The summed E-state index contributed by atoms with van der Waals surface area (Å²) in [5, 5.41) is 33.2. The molecule has 2 fully saturated rings. The van der Waals surface area contributed by atoms with E-state index in [-0.39, 0.29) is 35.8 Å². The average Bonchev–Trinajstić information content (AvgIpc) is 3.54. The van der Waals surface area contributed by atoms with Gasteiger partial charge in [0.2, 0.25) is 5.82 Å². The van der Waals surface area contributed by atoms with Gasteiger partial charge in [0.15, 0.2) is 5.69 Å². The molecule has 2 bridgehead atoms. The van der Waals surface area contributed by atoms with Crippen LogP contribution in [0.25, 0.3) is 5.57 Å². The Morgan fingerprint density at radius 1 is 1.27 bits per heavy atom. The zero-order valence-electron chi connectivity index (χ0n) is 30.3. The lowest BCUT2D eigenvalue weighted by Crippen LogP contribution is -2.47. The second-order valence-electron chi connectivity index (χ2n) is 14.1. The van der Waals surface area contributed by atoms with Crippen LogP contribution in [0.4, 0.5) is 5.69 Å². The number of nitrogens with one attached hydrogen (secondary N) is 1. The van der Waals surface area contributed by atoms with Gasteiger partial charge in [-0.3, -0.25) is 9.78 Å². The minimum absolute atomic E-state index is 0.00437. The summed E-state index contributed by atoms with van der Waals surface area (Å²) >= 11 is 0. The monoisotopic (exact) mass is 625 g/mol. The van der Waals surface area contributed by atoms with Gasteiger partial charge in [0, 0.05) is 37.9 Å². The van der Waals surface area contributed by atoms with Gasteiger partial charge in [0.1, 0.15) is 12.8 Å². The fraction of sp³-hybridized carbons (Fsp3) is 0.636. The molecule has 0 aromatic carbocycles. The number of allylic oxidation sites excluding steroid dienone is 2. The van der Waals surface area contributed by atoms with Crippen molar-refractivity contribution in [2.24, 2.45) is 5.41 Å². The highest BCUT2D eigenvalue weighted by Gasteiger charge is 2.55. The van der Waals surface area contributed by atoms with Crippen molar-refractivity contribution in [1.29, 1.82) is 5.26 Å². The summed E-state index contributed by atoms with van der Waals surface area (Å²) in [5.41, 5.74) is -1.56. The van der Waals surface area contributed by atoms with Crippen molar-refractivity contribution in [2.75, 3.05) is 25.1 Å². The molecule has 0 saturated carbocycles. The van der Waals surface area contributed by atoms with Crippen LogP contribution < -0.4 is 5.32 Å². The third-order valence-corrected chi connectivity index (χ3v) is 10.3. The van der Waals surface area contributed by atoms with Crippen LogP contribution in [0.2, 0.25) is 25.7 Å². The number of hydrogen-bond acceptors (Lipinski definition) is 8. The van der Waals surface area contributed by atoms with Crippen molar-refractivity contribution in [3.05, 3.63) is 47.3 Å². The van der Waals surface area contributed by atoms with Crippen molar-refractivity contribution < 1.29 is 30.0 Å². The maximum Gasteiger partial charge on any atom is 0.291 e. The van der Waals surface area contributed by atoms with E-state index in [1.54, 1.807) is 6.07 Å². The topological polar surface area (TPSA) is 143 Å². The van der Waals surface area contributed by atoms with E-state index in [2.05, 4.69) is 49.9 Å². The van der Waals surface area contributed by atoms with E-state index in [9.17, 15) is 21.6 Å². The van der Waals surface area contributed by atoms with E-state index >= 15 is 0 Å². The number of aromatic nitrogens is 3. The molecule has 2 aliphatic heterocycles. The molecule has 10 nitrogen and oxygen atoms in total. The summed E-state index contributed by atoms with van der Waals surface area (Å²) in [4.78, 5) is 22.9. The van der Waals surface area contributed by atoms with Gasteiger partial charge in [-0.15, -0.1) is 0 Å². The lowest BCUT2D eigenvalue weighted by atomic mass is 9.77. The minimum Gasteiger partial charge on any atom is -0.393 e. The van der Waals surface area contributed by atoms with Crippen LogP contribution in [0.15, 0.2) is 24.4 Å². The number of pyridine rings is 1. The molecular weight excluding hydrogens is 574 g/mol. The largest absolute Gasteiger partial charge is 0.393 e. The van der Waals surface area contributed by atoms with Crippen LogP contribution in [0.1, 0.15) is 97.8 Å². The van der Waals surface area contributed by atoms with Crippen molar-refractivity contribution in [2.45, 2.75) is 108 Å². The molecule has 238 valence electrons. The number of nitrogens with zero attached hydrogens (tertiary/aromatic N) is 4. The third kappa shape index (κ3) is 7.16. The smallest absolute Gasteiger partial charge is 0.291 e. The highest BCUT2D eigenvalue weighted by molar-refractivity contribution is 6.76. The molecule has 2 aromatic heterocycles. The van der Waals surface area contributed by atoms with Crippen LogP contribution in [0.5, 0.6) is 0 Å². The predicted molar refractivity (Wildman–Crippen MR) is 171 cm³/mol. The first-order valence-electron chi connectivity index (χ1n) is 17.4. The number of amides is 1. The normalized spacial score (nSPS) is 34.2. The van der Waals surface area contributed by atoms with Crippen LogP contribution in [-0.4, -0.2) is 69.8 Å². The Morgan fingerprint density at radius 3 is 2.68 bits per heavy atom. The average molecular weight is 626 g/mol.